The van der Waals surface area contributed by atoms with Crippen molar-refractivity contribution < 1.29 is 9.90 Å². The Morgan fingerprint density at radius 1 is 1.45 bits per heavy atom. The van der Waals surface area contributed by atoms with Gasteiger partial charge in [0.25, 0.3) is 5.91 Å². The molecule has 2 aromatic heterocycles. The molecule has 1 aliphatic rings. The van der Waals surface area contributed by atoms with Crippen LogP contribution in [0.25, 0.3) is 0 Å². The predicted octanol–water partition coefficient (Wildman–Crippen LogP) is -0.419. The monoisotopic (exact) mass is 302 g/mol. The summed E-state index contributed by atoms with van der Waals surface area (Å²) in [6.07, 6.45) is 8.66. The quantitative estimate of drug-likeness (QED) is 0.796. The van der Waals surface area contributed by atoms with Gasteiger partial charge in [0, 0.05) is 45.3 Å². The number of aliphatic hydroxyl groups is 1. The van der Waals surface area contributed by atoms with Crippen molar-refractivity contribution in [3.05, 3.63) is 36.8 Å². The summed E-state index contributed by atoms with van der Waals surface area (Å²) in [5.74, 6) is 0.446. The lowest BCUT2D eigenvalue weighted by molar-refractivity contribution is 0.0574. The molecular weight excluding hydrogens is 284 g/mol. The van der Waals surface area contributed by atoms with Gasteiger partial charge in [-0.3, -0.25) is 9.78 Å². The Bertz CT molecular complexity index is 658. The topological polar surface area (TPSA) is 96.2 Å². The summed E-state index contributed by atoms with van der Waals surface area (Å²) in [7, 11) is 1.80. The second-order valence-electron chi connectivity index (χ2n) is 5.57. The van der Waals surface area contributed by atoms with Crippen LogP contribution < -0.4 is 10.2 Å². The van der Waals surface area contributed by atoms with Gasteiger partial charge in [-0.15, -0.1) is 0 Å². The molecule has 2 aromatic rings. The predicted molar refractivity (Wildman–Crippen MR) is 79.4 cm³/mol. The van der Waals surface area contributed by atoms with Crippen molar-refractivity contribution in [1.29, 1.82) is 0 Å². The zero-order chi connectivity index (χ0) is 15.6. The highest BCUT2D eigenvalue weighted by atomic mass is 16.3. The van der Waals surface area contributed by atoms with E-state index in [1.54, 1.807) is 42.7 Å². The number of nitrogens with one attached hydrogen (secondary N) is 1. The molecule has 116 valence electrons. The number of aryl methyl sites for hydroxylation is 1. The molecule has 0 aromatic carbocycles. The molecule has 8 heteroatoms. The Morgan fingerprint density at radius 3 is 3.00 bits per heavy atom. The summed E-state index contributed by atoms with van der Waals surface area (Å²) < 4.78 is 1.70. The summed E-state index contributed by atoms with van der Waals surface area (Å²) >= 11 is 0. The molecule has 1 amide bonds. The molecule has 0 unspecified atom stereocenters. The summed E-state index contributed by atoms with van der Waals surface area (Å²) in [6.45, 7) is 1.27. The maximum atomic E-state index is 12.0. The minimum absolute atomic E-state index is 0.180. The maximum Gasteiger partial charge on any atom is 0.271 e. The van der Waals surface area contributed by atoms with Crippen molar-refractivity contribution in [3.63, 3.8) is 0 Å². The van der Waals surface area contributed by atoms with E-state index in [1.165, 1.54) is 0 Å². The van der Waals surface area contributed by atoms with Crippen molar-refractivity contribution in [2.45, 2.75) is 12.0 Å². The Kier molecular flexibility index (Phi) is 3.76. The Labute approximate surface area is 127 Å². The van der Waals surface area contributed by atoms with Gasteiger partial charge in [-0.2, -0.15) is 0 Å². The minimum atomic E-state index is -0.970. The van der Waals surface area contributed by atoms with Crippen LogP contribution in [0.1, 0.15) is 16.9 Å². The number of imidazole rings is 1. The molecule has 8 nitrogen and oxygen atoms in total. The average molecular weight is 302 g/mol. The van der Waals surface area contributed by atoms with Crippen LogP contribution in [0.15, 0.2) is 31.1 Å². The van der Waals surface area contributed by atoms with E-state index in [2.05, 4.69) is 20.3 Å². The van der Waals surface area contributed by atoms with E-state index >= 15 is 0 Å². The van der Waals surface area contributed by atoms with E-state index in [4.69, 9.17) is 0 Å². The fraction of sp³-hybridized carbons (Fsp3) is 0.429. The highest BCUT2D eigenvalue weighted by molar-refractivity contribution is 5.92. The SMILES string of the molecule is Cn1cnc(C(=O)NC[C@]2(O)CCN(c3cnccn3)C2)c1. The molecule has 1 atom stereocenters. The van der Waals surface area contributed by atoms with Crippen molar-refractivity contribution in [2.75, 3.05) is 24.5 Å². The molecule has 22 heavy (non-hydrogen) atoms. The number of hydrogen-bond donors (Lipinski definition) is 2. The van der Waals surface area contributed by atoms with E-state index in [-0.39, 0.29) is 12.5 Å². The number of carbonyl (C=O) groups is 1. The standard InChI is InChI=1S/C14H18N6O2/c1-19-7-11(18-10-19)13(21)17-8-14(22)2-5-20(9-14)12-6-15-3-4-16-12/h3-4,6-7,10,22H,2,5,8-9H2,1H3,(H,17,21)/t14-/m1/s1. The van der Waals surface area contributed by atoms with Gasteiger partial charge in [0.2, 0.25) is 0 Å². The molecule has 0 saturated carbocycles. The van der Waals surface area contributed by atoms with E-state index in [0.29, 0.717) is 25.2 Å². The third kappa shape index (κ3) is 3.06. The second-order valence-corrected chi connectivity index (χ2v) is 5.57. The van der Waals surface area contributed by atoms with Gasteiger partial charge in [-0.25, -0.2) is 9.97 Å². The smallest absolute Gasteiger partial charge is 0.271 e. The molecule has 1 aliphatic heterocycles. The van der Waals surface area contributed by atoms with E-state index in [9.17, 15) is 9.90 Å². The lowest BCUT2D eigenvalue weighted by Gasteiger charge is -2.23. The number of amides is 1. The van der Waals surface area contributed by atoms with Crippen molar-refractivity contribution in [3.8, 4) is 0 Å². The first-order valence-electron chi connectivity index (χ1n) is 7.05. The molecule has 2 N–H and O–H groups in total. The van der Waals surface area contributed by atoms with E-state index < -0.39 is 5.60 Å². The normalized spacial score (nSPS) is 21.1. The van der Waals surface area contributed by atoms with Crippen LogP contribution in [0.2, 0.25) is 0 Å². The fourth-order valence-electron chi connectivity index (χ4n) is 2.52. The highest BCUT2D eigenvalue weighted by Gasteiger charge is 2.37. The molecule has 0 bridgehead atoms. The molecule has 1 saturated heterocycles. The zero-order valence-electron chi connectivity index (χ0n) is 12.3. The first-order valence-corrected chi connectivity index (χ1v) is 7.05. The Hall–Kier alpha value is -2.48. The van der Waals surface area contributed by atoms with Crippen LogP contribution in [0, 0.1) is 0 Å². The number of carbonyl (C=O) groups excluding carboxylic acids is 1. The van der Waals surface area contributed by atoms with E-state index in [1.807, 2.05) is 4.90 Å². The van der Waals surface area contributed by atoms with Crippen LogP contribution in [0.3, 0.4) is 0 Å². The van der Waals surface area contributed by atoms with Crippen LogP contribution in [0.4, 0.5) is 5.82 Å². The third-order valence-electron chi connectivity index (χ3n) is 3.72. The molecule has 1 fully saturated rings. The molecule has 0 spiro atoms. The molecule has 0 aliphatic carbocycles. The van der Waals surface area contributed by atoms with Crippen molar-refractivity contribution in [2.24, 2.45) is 7.05 Å². The first kappa shape index (κ1) is 14.5. The van der Waals surface area contributed by atoms with Crippen LogP contribution in [-0.4, -0.2) is 55.8 Å². The van der Waals surface area contributed by atoms with Gasteiger partial charge in [-0.05, 0) is 6.42 Å². The lowest BCUT2D eigenvalue weighted by Crippen LogP contribution is -2.45. The third-order valence-corrected chi connectivity index (χ3v) is 3.72. The van der Waals surface area contributed by atoms with Gasteiger partial charge in [0.05, 0.1) is 12.5 Å². The second kappa shape index (κ2) is 5.72. The number of rotatable bonds is 4. The Balaban J connectivity index is 1.58. The van der Waals surface area contributed by atoms with Crippen LogP contribution in [-0.2, 0) is 7.05 Å². The molecule has 3 rings (SSSR count). The number of β-amino-alcohol motifs (C(OH)–C–C–N with tert-alkyl or cyclic N) is 1. The van der Waals surface area contributed by atoms with Crippen molar-refractivity contribution >= 4 is 11.7 Å². The molecular formula is C14H18N6O2. The Morgan fingerprint density at radius 2 is 2.32 bits per heavy atom. The highest BCUT2D eigenvalue weighted by Crippen LogP contribution is 2.24. The minimum Gasteiger partial charge on any atom is -0.386 e. The van der Waals surface area contributed by atoms with Gasteiger partial charge < -0.3 is 19.9 Å². The van der Waals surface area contributed by atoms with Gasteiger partial charge in [-0.1, -0.05) is 0 Å². The summed E-state index contributed by atoms with van der Waals surface area (Å²) in [5.41, 5.74) is -0.628. The average Bonchev–Trinajstić information content (AvgIpc) is 3.13. The van der Waals surface area contributed by atoms with Crippen LogP contribution >= 0.6 is 0 Å². The summed E-state index contributed by atoms with van der Waals surface area (Å²) in [4.78, 5) is 26.2. The van der Waals surface area contributed by atoms with Gasteiger partial charge >= 0.3 is 0 Å². The number of nitrogens with zero attached hydrogens (tertiary/aromatic N) is 5. The molecule has 0 radical (unpaired) electrons. The largest absolute Gasteiger partial charge is 0.386 e. The number of anilines is 1. The fourth-order valence-corrected chi connectivity index (χ4v) is 2.52. The zero-order valence-corrected chi connectivity index (χ0v) is 12.3. The first-order chi connectivity index (χ1) is 10.6. The molecule has 3 heterocycles. The van der Waals surface area contributed by atoms with Gasteiger partial charge in [0.1, 0.15) is 17.1 Å². The van der Waals surface area contributed by atoms with E-state index in [0.717, 1.165) is 5.82 Å². The number of hydrogen-bond acceptors (Lipinski definition) is 6. The summed E-state index contributed by atoms with van der Waals surface area (Å²) in [6, 6.07) is 0. The van der Waals surface area contributed by atoms with Crippen molar-refractivity contribution in [1.82, 2.24) is 24.8 Å². The van der Waals surface area contributed by atoms with Crippen LogP contribution in [0.5, 0.6) is 0 Å². The number of aromatic nitrogens is 4. The summed E-state index contributed by atoms with van der Waals surface area (Å²) in [5, 5.41) is 13.3. The van der Waals surface area contributed by atoms with Gasteiger partial charge in [0.15, 0.2) is 0 Å². The maximum absolute atomic E-state index is 12.0. The lowest BCUT2D eigenvalue weighted by atomic mass is 10.0.